The van der Waals surface area contributed by atoms with E-state index >= 15 is 0 Å². The van der Waals surface area contributed by atoms with Gasteiger partial charge in [0.15, 0.2) is 0 Å². The fraction of sp³-hybridized carbons (Fsp3) is 0.857. The molecule has 1 aliphatic carbocycles. The maximum Gasteiger partial charge on any atom is 0.303 e. The molecule has 0 bridgehead atoms. The molecule has 2 unspecified atom stereocenters. The zero-order chi connectivity index (χ0) is 15.2. The molecule has 116 valence electrons. The highest BCUT2D eigenvalue weighted by Gasteiger charge is 2.37. The standard InChI is InChI=1S/C14H25NO4S/c1-11(20(2)19)5-8-15-12(16)9-14(10-13(17)18)6-3-4-7-14/h11H,3-10H2,1-2H3,(H,15,16)(H,17,18). The minimum absolute atomic E-state index is 0.0646. The van der Waals surface area contributed by atoms with Crippen molar-refractivity contribution in [2.24, 2.45) is 5.41 Å². The zero-order valence-corrected chi connectivity index (χ0v) is 13.1. The summed E-state index contributed by atoms with van der Waals surface area (Å²) in [4.78, 5) is 22.9. The van der Waals surface area contributed by atoms with Crippen LogP contribution in [0.1, 0.15) is 51.9 Å². The maximum absolute atomic E-state index is 12.0. The van der Waals surface area contributed by atoms with Crippen molar-refractivity contribution in [1.82, 2.24) is 5.32 Å². The minimum atomic E-state index is -0.874. The third-order valence-corrected chi connectivity index (χ3v) is 5.53. The number of carbonyl (C=O) groups excluding carboxylic acids is 1. The van der Waals surface area contributed by atoms with Crippen LogP contribution in [-0.2, 0) is 20.4 Å². The van der Waals surface area contributed by atoms with Gasteiger partial charge in [0.2, 0.25) is 5.91 Å². The Hall–Kier alpha value is -0.910. The van der Waals surface area contributed by atoms with Gasteiger partial charge in [0.05, 0.1) is 6.42 Å². The van der Waals surface area contributed by atoms with Crippen molar-refractivity contribution in [2.75, 3.05) is 12.8 Å². The van der Waals surface area contributed by atoms with Crippen LogP contribution in [-0.4, -0.2) is 39.2 Å². The summed E-state index contributed by atoms with van der Waals surface area (Å²) in [5, 5.41) is 11.9. The van der Waals surface area contributed by atoms with Crippen molar-refractivity contribution in [3.63, 3.8) is 0 Å². The van der Waals surface area contributed by atoms with Gasteiger partial charge >= 0.3 is 5.97 Å². The van der Waals surface area contributed by atoms with Crippen LogP contribution < -0.4 is 5.32 Å². The quantitative estimate of drug-likeness (QED) is 0.714. The Bertz CT molecular complexity index is 377. The van der Waals surface area contributed by atoms with E-state index in [1.54, 1.807) is 6.26 Å². The molecular formula is C14H25NO4S. The minimum Gasteiger partial charge on any atom is -0.481 e. The van der Waals surface area contributed by atoms with Crippen molar-refractivity contribution >= 4 is 22.7 Å². The smallest absolute Gasteiger partial charge is 0.303 e. The van der Waals surface area contributed by atoms with Crippen LogP contribution in [0.2, 0.25) is 0 Å². The van der Waals surface area contributed by atoms with Gasteiger partial charge in [-0.2, -0.15) is 0 Å². The van der Waals surface area contributed by atoms with Crippen molar-refractivity contribution < 1.29 is 18.9 Å². The molecule has 0 radical (unpaired) electrons. The first kappa shape index (κ1) is 17.1. The summed E-state index contributed by atoms with van der Waals surface area (Å²) in [6.45, 7) is 2.40. The number of rotatable bonds is 8. The van der Waals surface area contributed by atoms with Crippen LogP contribution in [0.5, 0.6) is 0 Å². The van der Waals surface area contributed by atoms with Crippen molar-refractivity contribution in [3.05, 3.63) is 0 Å². The predicted octanol–water partition coefficient (Wildman–Crippen LogP) is 1.68. The van der Waals surface area contributed by atoms with E-state index in [0.717, 1.165) is 25.7 Å². The van der Waals surface area contributed by atoms with Gasteiger partial charge in [0.1, 0.15) is 0 Å². The Kier molecular flexibility index (Phi) is 6.65. The van der Waals surface area contributed by atoms with E-state index < -0.39 is 16.8 Å². The molecule has 0 aromatic carbocycles. The van der Waals surface area contributed by atoms with Gasteiger partial charge in [0, 0.05) is 35.3 Å². The topological polar surface area (TPSA) is 83.5 Å². The summed E-state index contributed by atoms with van der Waals surface area (Å²) in [5.74, 6) is -0.906. The van der Waals surface area contributed by atoms with Gasteiger partial charge in [-0.15, -0.1) is 0 Å². The Labute approximate surface area is 123 Å². The van der Waals surface area contributed by atoms with Gasteiger partial charge in [-0.25, -0.2) is 0 Å². The summed E-state index contributed by atoms with van der Waals surface area (Å²) >= 11 is 0. The second kappa shape index (κ2) is 7.76. The highest BCUT2D eigenvalue weighted by molar-refractivity contribution is 7.84. The summed E-state index contributed by atoms with van der Waals surface area (Å²) in [6.07, 6.45) is 6.37. The number of amides is 1. The summed E-state index contributed by atoms with van der Waals surface area (Å²) in [7, 11) is -0.874. The fourth-order valence-corrected chi connectivity index (χ4v) is 3.30. The molecule has 1 fully saturated rings. The van der Waals surface area contributed by atoms with Gasteiger partial charge in [0.25, 0.3) is 0 Å². The molecule has 1 aliphatic rings. The van der Waals surface area contributed by atoms with Crippen LogP contribution in [0.25, 0.3) is 0 Å². The second-order valence-electron chi connectivity index (χ2n) is 5.90. The van der Waals surface area contributed by atoms with Crippen LogP contribution in [0.3, 0.4) is 0 Å². The molecule has 6 heteroatoms. The third-order valence-electron chi connectivity index (χ3n) is 4.17. The second-order valence-corrected chi connectivity index (χ2v) is 7.70. The van der Waals surface area contributed by atoms with Gasteiger partial charge < -0.3 is 10.4 Å². The van der Waals surface area contributed by atoms with Gasteiger partial charge in [-0.1, -0.05) is 19.8 Å². The molecule has 2 atom stereocenters. The average molecular weight is 303 g/mol. The lowest BCUT2D eigenvalue weighted by atomic mass is 9.79. The summed E-state index contributed by atoms with van der Waals surface area (Å²) < 4.78 is 11.2. The first-order valence-corrected chi connectivity index (χ1v) is 8.77. The Morgan fingerprint density at radius 2 is 1.90 bits per heavy atom. The van der Waals surface area contributed by atoms with Crippen molar-refractivity contribution in [2.45, 2.75) is 57.1 Å². The molecule has 2 N–H and O–H groups in total. The fourth-order valence-electron chi connectivity index (χ4n) is 2.85. The molecule has 0 saturated heterocycles. The third kappa shape index (κ3) is 5.61. The Balaban J connectivity index is 2.39. The van der Waals surface area contributed by atoms with Crippen molar-refractivity contribution in [3.8, 4) is 0 Å². The molecule has 5 nitrogen and oxygen atoms in total. The zero-order valence-electron chi connectivity index (χ0n) is 12.3. The molecule has 20 heavy (non-hydrogen) atoms. The van der Waals surface area contributed by atoms with Crippen LogP contribution >= 0.6 is 0 Å². The SMILES string of the molecule is CC(CCNC(=O)CC1(CC(=O)O)CCCC1)S(C)=O. The van der Waals surface area contributed by atoms with E-state index in [-0.39, 0.29) is 23.0 Å². The van der Waals surface area contributed by atoms with E-state index in [1.807, 2.05) is 6.92 Å². The van der Waals surface area contributed by atoms with Crippen LogP contribution in [0.4, 0.5) is 0 Å². The van der Waals surface area contributed by atoms with E-state index in [0.29, 0.717) is 19.4 Å². The summed E-state index contributed by atoms with van der Waals surface area (Å²) in [6, 6.07) is 0. The monoisotopic (exact) mass is 303 g/mol. The molecule has 1 rings (SSSR count). The lowest BCUT2D eigenvalue weighted by Crippen LogP contribution is -2.33. The van der Waals surface area contributed by atoms with Gasteiger partial charge in [-0.05, 0) is 24.7 Å². The molecule has 0 aromatic heterocycles. The number of carboxylic acids is 1. The van der Waals surface area contributed by atoms with Crippen molar-refractivity contribution in [1.29, 1.82) is 0 Å². The number of carbonyl (C=O) groups is 2. The molecule has 0 spiro atoms. The van der Waals surface area contributed by atoms with E-state index in [9.17, 15) is 13.8 Å². The molecule has 0 aliphatic heterocycles. The number of hydrogen-bond donors (Lipinski definition) is 2. The number of aliphatic carboxylic acids is 1. The number of hydrogen-bond acceptors (Lipinski definition) is 3. The van der Waals surface area contributed by atoms with Crippen LogP contribution in [0, 0.1) is 5.41 Å². The predicted molar refractivity (Wildman–Crippen MR) is 78.9 cm³/mol. The number of nitrogens with one attached hydrogen (secondary N) is 1. The molecule has 1 amide bonds. The van der Waals surface area contributed by atoms with E-state index in [2.05, 4.69) is 5.32 Å². The largest absolute Gasteiger partial charge is 0.481 e. The summed E-state index contributed by atoms with van der Waals surface area (Å²) in [5.41, 5.74) is -0.352. The Morgan fingerprint density at radius 1 is 1.30 bits per heavy atom. The normalized spacial score (nSPS) is 20.3. The van der Waals surface area contributed by atoms with Crippen LogP contribution in [0.15, 0.2) is 0 Å². The highest BCUT2D eigenvalue weighted by atomic mass is 32.2. The van der Waals surface area contributed by atoms with E-state index in [1.165, 1.54) is 0 Å². The molecule has 0 heterocycles. The number of carboxylic acid groups (broad SMARTS) is 1. The molecule has 0 aromatic rings. The molecular weight excluding hydrogens is 278 g/mol. The van der Waals surface area contributed by atoms with E-state index in [4.69, 9.17) is 5.11 Å². The highest BCUT2D eigenvalue weighted by Crippen LogP contribution is 2.43. The first-order valence-electron chi connectivity index (χ1n) is 7.15. The first-order chi connectivity index (χ1) is 9.34. The van der Waals surface area contributed by atoms with Gasteiger partial charge in [-0.3, -0.25) is 13.8 Å². The molecule has 1 saturated carbocycles. The lowest BCUT2D eigenvalue weighted by molar-refractivity contribution is -0.140. The average Bonchev–Trinajstić information content (AvgIpc) is 2.75. The lowest BCUT2D eigenvalue weighted by Gasteiger charge is -2.26. The Morgan fingerprint density at radius 3 is 2.40 bits per heavy atom. The maximum atomic E-state index is 12.0.